The van der Waals surface area contributed by atoms with Gasteiger partial charge in [-0.25, -0.2) is 22.0 Å². The van der Waals surface area contributed by atoms with Gasteiger partial charge in [-0.3, -0.25) is 43.7 Å². The van der Waals surface area contributed by atoms with Crippen molar-refractivity contribution in [1.29, 1.82) is 0 Å². The zero-order valence-corrected chi connectivity index (χ0v) is 57.6. The number of carbonyl (C=O) groups is 6. The van der Waals surface area contributed by atoms with Gasteiger partial charge in [-0.15, -0.1) is 0 Å². The summed E-state index contributed by atoms with van der Waals surface area (Å²) in [6.45, 7) is -0.192. The van der Waals surface area contributed by atoms with Crippen molar-refractivity contribution in [3.63, 3.8) is 0 Å². The van der Waals surface area contributed by atoms with E-state index in [0.717, 1.165) is 86.6 Å². The smallest absolute Gasteiger partial charge is 0.417 e. The Hall–Kier alpha value is -10.2. The summed E-state index contributed by atoms with van der Waals surface area (Å²) in [7, 11) is 0. The Morgan fingerprint density at radius 1 is 0.415 bits per heavy atom. The van der Waals surface area contributed by atoms with Crippen LogP contribution in [0.3, 0.4) is 0 Å². The fraction of sp³-hybridized carbons (Fsp3) is 0.208. The number of carbonyl (C=O) groups excluding carboxylic acids is 6. The van der Waals surface area contributed by atoms with Crippen LogP contribution in [0.4, 0.5) is 61.5 Å². The Balaban J connectivity index is 0.000000164. The van der Waals surface area contributed by atoms with Gasteiger partial charge >= 0.3 is 18.5 Å². The van der Waals surface area contributed by atoms with Crippen molar-refractivity contribution in [1.82, 2.24) is 16.0 Å². The molecule has 16 nitrogen and oxygen atoms in total. The number of allylic oxidation sites excluding steroid dienone is 3. The predicted molar refractivity (Wildman–Crippen MR) is 364 cm³/mol. The normalized spacial score (nSPS) is 15.3. The second-order valence-electron chi connectivity index (χ2n) is 23.6. The van der Waals surface area contributed by atoms with Gasteiger partial charge in [-0.05, 0) is 187 Å². The van der Waals surface area contributed by atoms with Crippen molar-refractivity contribution in [3.05, 3.63) is 243 Å². The first-order valence-electron chi connectivity index (χ1n) is 31.0. The highest BCUT2D eigenvalue weighted by Crippen LogP contribution is 2.50. The van der Waals surface area contributed by atoms with E-state index in [4.69, 9.17) is 49.4 Å². The molecule has 0 radical (unpaired) electrons. The van der Waals surface area contributed by atoms with Crippen molar-refractivity contribution < 1.29 is 110 Å². The van der Waals surface area contributed by atoms with E-state index in [1.807, 2.05) is 0 Å². The number of nitrogens with one attached hydrogen (secondary N) is 3. The number of aromatic hydroxyl groups is 2. The van der Waals surface area contributed by atoms with Gasteiger partial charge in [0.15, 0.2) is 17.3 Å². The molecule has 3 saturated carbocycles. The summed E-state index contributed by atoms with van der Waals surface area (Å²) in [6, 6.07) is 18.9. The summed E-state index contributed by atoms with van der Waals surface area (Å²) in [4.78, 5) is 82.8. The van der Waals surface area contributed by atoms with Crippen molar-refractivity contribution in [2.45, 2.75) is 74.8 Å². The number of dihydropyridines is 3. The first-order valence-corrected chi connectivity index (χ1v) is 32.9. The first kappa shape index (κ1) is 79.9. The highest BCUT2D eigenvalue weighted by atomic mass is 79.9. The van der Waals surface area contributed by atoms with Crippen LogP contribution in [0.5, 0.6) is 34.5 Å². The summed E-state index contributed by atoms with van der Waals surface area (Å²) in [5.41, 5.74) is -3.06. The van der Waals surface area contributed by atoms with Crippen LogP contribution in [0.1, 0.15) is 121 Å². The molecular weight excluding hydrogens is 1560 g/mol. The van der Waals surface area contributed by atoms with Gasteiger partial charge in [0, 0.05) is 48.0 Å². The summed E-state index contributed by atoms with van der Waals surface area (Å²) < 4.78 is 196. The fourth-order valence-electron chi connectivity index (χ4n) is 9.89. The predicted octanol–water partition coefficient (Wildman–Crippen LogP) is 18.3. The fourth-order valence-corrected chi connectivity index (χ4v) is 11.1. The second kappa shape index (κ2) is 33.9. The van der Waals surface area contributed by atoms with E-state index in [1.165, 1.54) is 79.3 Å². The van der Waals surface area contributed by atoms with E-state index in [9.17, 15) is 95.3 Å². The van der Waals surface area contributed by atoms with Gasteiger partial charge in [0.25, 0.3) is 17.7 Å². The maximum atomic E-state index is 13.7. The highest BCUT2D eigenvalue weighted by Gasteiger charge is 2.39. The van der Waals surface area contributed by atoms with Gasteiger partial charge in [-0.1, -0.05) is 34.8 Å². The number of halogens is 18. The number of phenols is 2. The zero-order valence-electron chi connectivity index (χ0n) is 53.8. The quantitative estimate of drug-likeness (QED) is 0.0685. The molecule has 6 aliphatic rings. The lowest BCUT2D eigenvalue weighted by atomic mass is 10.1. The Kier molecular flexibility index (Phi) is 25.5. The number of hydrogen-bond donors (Lipinski definition) is 5. The molecule has 0 bridgehead atoms. The van der Waals surface area contributed by atoms with Gasteiger partial charge in [0.05, 0.1) is 70.0 Å². The van der Waals surface area contributed by atoms with Gasteiger partial charge in [0.2, 0.25) is 0 Å². The molecule has 13 rings (SSSR count). The number of ether oxygens (including phenoxy) is 2. The lowest BCUT2D eigenvalue weighted by Gasteiger charge is -2.18. The van der Waals surface area contributed by atoms with Crippen molar-refractivity contribution in [2.24, 2.45) is 15.0 Å². The Bertz CT molecular complexity index is 4660. The molecule has 106 heavy (non-hydrogen) atoms. The molecule has 0 spiro atoms. The second-order valence-corrected chi connectivity index (χ2v) is 25.7. The maximum Gasteiger partial charge on any atom is 0.417 e. The average Bonchev–Trinajstić information content (AvgIpc) is 1.51. The summed E-state index contributed by atoms with van der Waals surface area (Å²) >= 11 is 20.0. The van der Waals surface area contributed by atoms with E-state index in [1.54, 1.807) is 0 Å². The topological polar surface area (TPSA) is 235 Å². The minimum Gasteiger partial charge on any atom is -0.508 e. The van der Waals surface area contributed by atoms with E-state index in [2.05, 4.69) is 46.9 Å². The number of hydrogen-bond acceptors (Lipinski definition) is 13. The Morgan fingerprint density at radius 3 is 1.07 bits per heavy atom. The van der Waals surface area contributed by atoms with Crippen LogP contribution < -0.4 is 25.4 Å². The van der Waals surface area contributed by atoms with Crippen LogP contribution in [-0.2, 0) is 32.9 Å². The molecule has 3 aliphatic carbocycles. The molecular formula is C72H50BrCl3F14N6O10. The number of benzene rings is 7. The van der Waals surface area contributed by atoms with E-state index >= 15 is 0 Å². The van der Waals surface area contributed by atoms with Gasteiger partial charge in [0.1, 0.15) is 83.2 Å². The Morgan fingerprint density at radius 2 is 0.726 bits per heavy atom. The number of ketones is 3. The van der Waals surface area contributed by atoms with Crippen LogP contribution in [0.25, 0.3) is 0 Å². The van der Waals surface area contributed by atoms with Crippen LogP contribution in [0.15, 0.2) is 164 Å². The van der Waals surface area contributed by atoms with E-state index in [-0.39, 0.29) is 118 Å². The molecule has 3 amide bonds. The number of nitrogens with zero attached hydrogens (tertiary/aromatic N) is 3. The maximum absolute atomic E-state index is 13.7. The lowest BCUT2D eigenvalue weighted by Crippen LogP contribution is -2.27. The molecule has 3 aliphatic heterocycles. The van der Waals surface area contributed by atoms with E-state index in [0.29, 0.717) is 39.7 Å². The molecule has 34 heteroatoms. The third-order valence-electron chi connectivity index (χ3n) is 15.3. The van der Waals surface area contributed by atoms with Crippen molar-refractivity contribution in [2.75, 3.05) is 19.6 Å². The van der Waals surface area contributed by atoms with Crippen LogP contribution in [0.2, 0.25) is 15.1 Å². The molecule has 7 aromatic carbocycles. The van der Waals surface area contributed by atoms with Gasteiger partial charge in [-0.2, -0.15) is 39.5 Å². The number of phenolic OH excluding ortho intramolecular Hbond substituents is 2. The number of rotatable bonds is 13. The summed E-state index contributed by atoms with van der Waals surface area (Å²) in [6.07, 6.45) is -1.99. The minimum atomic E-state index is -4.84. The molecule has 554 valence electrons. The molecule has 0 unspecified atom stereocenters. The molecule has 7 aromatic rings. The number of amides is 3. The monoisotopic (exact) mass is 1610 g/mol. The molecule has 5 N–H and O–H groups in total. The minimum absolute atomic E-state index is 0.0108. The third-order valence-corrected chi connectivity index (χ3v) is 16.9. The third kappa shape index (κ3) is 22.2. The molecule has 0 atom stereocenters. The van der Waals surface area contributed by atoms with Crippen LogP contribution in [0, 0.1) is 29.1 Å². The summed E-state index contributed by atoms with van der Waals surface area (Å²) in [5, 5.41) is 22.9. The lowest BCUT2D eigenvalue weighted by molar-refractivity contribution is -0.138. The molecule has 0 aromatic heterocycles. The largest absolute Gasteiger partial charge is 0.508 e. The van der Waals surface area contributed by atoms with Gasteiger partial charge < -0.3 is 35.6 Å². The molecule has 3 fully saturated rings. The average molecular weight is 1610 g/mol. The highest BCUT2D eigenvalue weighted by molar-refractivity contribution is 9.10. The Labute approximate surface area is 614 Å². The van der Waals surface area contributed by atoms with Crippen LogP contribution in [-0.4, -0.2) is 83.6 Å². The van der Waals surface area contributed by atoms with Crippen molar-refractivity contribution >= 4 is 104 Å². The standard InChI is InChI=1S/2C22H15ClF4N2O3.C13H7ClF4N2O2.C9H9FO.C6H4BrFO/c2*23-18-7-16(21(31)29-13-6-14(30)10-28-9-13)20(8-17(18)22(25,26)27)32-19-4-3-12(24)5-15(19)11-1-2-11;14-10-2-8(11(15)3-9(10)13(16,17)18)12(22)20-6-1-7(21)5-19-4-6;10-7-3-4-9(11)8(5-7)6-1-2-6;7-5-3-4(8)1-2-6(5)9/h2*3-9,11H,1-2,10H2,(H,29,31);1-4H,5H2,(H,20,22);3-6,11H,1-2H2;1-3,9H. The SMILES string of the molecule is O=C1C=C(NC(=O)c2cc(Cl)c(C(F)(F)F)cc2F)C=NC1.O=C1C=C(NC(=O)c2cc(Cl)c(C(F)(F)F)cc2Oc2ccc(F)cc2C2CC2)C=NC1.O=C1C=C(NC(=O)c2cc(Cl)c(C(F)(F)F)cc2Oc2ccc(F)cc2C2CC2)C=NC1.Oc1ccc(F)cc1Br.Oc1ccc(F)cc1C1CC1. The number of aliphatic imine (C=N–C) groups is 3. The molecule has 3 heterocycles. The zero-order chi connectivity index (χ0) is 77.3. The summed E-state index contributed by atoms with van der Waals surface area (Å²) in [5.74, 6) is -6.58. The van der Waals surface area contributed by atoms with Crippen molar-refractivity contribution in [3.8, 4) is 34.5 Å². The molecule has 0 saturated heterocycles. The van der Waals surface area contributed by atoms with E-state index < -0.39 is 103 Å². The first-order chi connectivity index (χ1) is 49.9. The van der Waals surface area contributed by atoms with Crippen LogP contribution >= 0.6 is 50.7 Å². The number of alkyl halides is 9.